The van der Waals surface area contributed by atoms with Crippen LogP contribution in [-0.2, 0) is 0 Å². The van der Waals surface area contributed by atoms with Crippen LogP contribution in [-0.4, -0.2) is 22.1 Å². The first-order valence-electron chi connectivity index (χ1n) is 4.57. The summed E-state index contributed by atoms with van der Waals surface area (Å²) in [5.41, 5.74) is 1.97. The van der Waals surface area contributed by atoms with E-state index in [0.29, 0.717) is 11.1 Å². The second kappa shape index (κ2) is 5.17. The van der Waals surface area contributed by atoms with Gasteiger partial charge in [0.15, 0.2) is 0 Å². The lowest BCUT2D eigenvalue weighted by atomic mass is 10.00. The van der Waals surface area contributed by atoms with Gasteiger partial charge >= 0.3 is 0 Å². The van der Waals surface area contributed by atoms with E-state index >= 15 is 0 Å². The minimum Gasteiger partial charge on any atom is -0.389 e. The molecule has 1 aromatic rings. The Morgan fingerprint density at radius 2 is 2.13 bits per heavy atom. The third kappa shape index (κ3) is 2.72. The van der Waals surface area contributed by atoms with Crippen LogP contribution < -0.4 is 0 Å². The van der Waals surface area contributed by atoms with Crippen molar-refractivity contribution in [2.75, 3.05) is 5.75 Å². The normalized spacial score (nSPS) is 14.3. The average molecular weight is 223 g/mol. The molecule has 2 unspecified atom stereocenters. The molecule has 0 radical (unpaired) electrons. The number of aryl methyl sites for hydroxylation is 1. The highest BCUT2D eigenvalue weighted by Gasteiger charge is 2.17. The molecule has 0 spiro atoms. The van der Waals surface area contributed by atoms with E-state index in [9.17, 15) is 10.2 Å². The summed E-state index contributed by atoms with van der Waals surface area (Å²) in [5, 5.41) is 27.8. The van der Waals surface area contributed by atoms with E-state index < -0.39 is 12.2 Å². The molecule has 0 aromatic heterocycles. The Morgan fingerprint density at radius 1 is 1.47 bits per heavy atom. The van der Waals surface area contributed by atoms with Crippen LogP contribution in [0.3, 0.4) is 0 Å². The first-order chi connectivity index (χ1) is 7.10. The topological polar surface area (TPSA) is 64.2 Å². The molecule has 0 heterocycles. The maximum Gasteiger partial charge on any atom is 0.106 e. The Hall–Kier alpha value is -1.02. The third-order valence-corrected chi connectivity index (χ3v) is 2.64. The fourth-order valence-corrected chi connectivity index (χ4v) is 1.52. The molecule has 4 heteroatoms. The molecule has 0 aliphatic heterocycles. The second-order valence-electron chi connectivity index (χ2n) is 3.38. The molecule has 1 aromatic carbocycles. The Bertz CT molecular complexity index is 387. The number of hydrogen-bond donors (Lipinski definition) is 3. The summed E-state index contributed by atoms with van der Waals surface area (Å²) in [6.45, 7) is 1.79. The zero-order chi connectivity index (χ0) is 11.4. The molecule has 0 bridgehead atoms. The fraction of sp³-hybridized carbons (Fsp3) is 0.364. The number of aliphatic hydroxyl groups is 2. The van der Waals surface area contributed by atoms with Crippen molar-refractivity contribution in [3.8, 4) is 6.07 Å². The summed E-state index contributed by atoms with van der Waals surface area (Å²) in [5.74, 6) is 0.195. The van der Waals surface area contributed by atoms with Crippen LogP contribution >= 0.6 is 12.6 Å². The summed E-state index contributed by atoms with van der Waals surface area (Å²) in [7, 11) is 0. The van der Waals surface area contributed by atoms with Gasteiger partial charge in [-0.25, -0.2) is 0 Å². The standard InChI is InChI=1S/C11H13NO2S/c1-7-4-8(2-3-9(7)5-12)11(14)10(13)6-15/h2-4,10-11,13-15H,6H2,1H3. The molecule has 0 saturated carbocycles. The fourth-order valence-electron chi connectivity index (χ4n) is 1.32. The maximum absolute atomic E-state index is 9.70. The molecule has 2 atom stereocenters. The molecule has 0 amide bonds. The van der Waals surface area contributed by atoms with Crippen LogP contribution in [0.2, 0.25) is 0 Å². The SMILES string of the molecule is Cc1cc(C(O)C(O)CS)ccc1C#N. The number of nitriles is 1. The molecule has 80 valence electrons. The van der Waals surface area contributed by atoms with Gasteiger partial charge in [0.2, 0.25) is 0 Å². The molecular weight excluding hydrogens is 210 g/mol. The van der Waals surface area contributed by atoms with Gasteiger partial charge in [-0.05, 0) is 24.1 Å². The Kier molecular flexibility index (Phi) is 4.15. The Morgan fingerprint density at radius 3 is 2.60 bits per heavy atom. The zero-order valence-electron chi connectivity index (χ0n) is 8.38. The van der Waals surface area contributed by atoms with E-state index in [4.69, 9.17) is 5.26 Å². The zero-order valence-corrected chi connectivity index (χ0v) is 9.28. The van der Waals surface area contributed by atoms with Crippen LogP contribution in [0.1, 0.15) is 22.8 Å². The lowest BCUT2D eigenvalue weighted by Gasteiger charge is -2.16. The van der Waals surface area contributed by atoms with Crippen LogP contribution in [0, 0.1) is 18.3 Å². The average Bonchev–Trinajstić information content (AvgIpc) is 2.26. The highest BCUT2D eigenvalue weighted by Crippen LogP contribution is 2.20. The van der Waals surface area contributed by atoms with Gasteiger partial charge in [0.05, 0.1) is 17.7 Å². The van der Waals surface area contributed by atoms with Crippen molar-refractivity contribution in [1.29, 1.82) is 5.26 Å². The van der Waals surface area contributed by atoms with E-state index in [1.807, 2.05) is 6.07 Å². The van der Waals surface area contributed by atoms with E-state index in [2.05, 4.69) is 12.6 Å². The van der Waals surface area contributed by atoms with E-state index in [1.165, 1.54) is 0 Å². The van der Waals surface area contributed by atoms with Crippen LogP contribution in [0.4, 0.5) is 0 Å². The van der Waals surface area contributed by atoms with Crippen LogP contribution in [0.25, 0.3) is 0 Å². The van der Waals surface area contributed by atoms with E-state index in [0.717, 1.165) is 5.56 Å². The summed E-state index contributed by atoms with van der Waals surface area (Å²) < 4.78 is 0. The largest absolute Gasteiger partial charge is 0.389 e. The molecular formula is C11H13NO2S. The second-order valence-corrected chi connectivity index (χ2v) is 3.75. The van der Waals surface area contributed by atoms with Crippen LogP contribution in [0.5, 0.6) is 0 Å². The van der Waals surface area contributed by atoms with Crippen molar-refractivity contribution in [3.05, 3.63) is 34.9 Å². The van der Waals surface area contributed by atoms with E-state index in [-0.39, 0.29) is 5.75 Å². The third-order valence-electron chi connectivity index (χ3n) is 2.26. The van der Waals surface area contributed by atoms with Gasteiger partial charge in [-0.15, -0.1) is 0 Å². The lowest BCUT2D eigenvalue weighted by Crippen LogP contribution is -2.19. The number of thiol groups is 1. The first kappa shape index (κ1) is 12.1. The minimum atomic E-state index is -0.950. The molecule has 15 heavy (non-hydrogen) atoms. The first-order valence-corrected chi connectivity index (χ1v) is 5.21. The van der Waals surface area contributed by atoms with Gasteiger partial charge in [-0.3, -0.25) is 0 Å². The Balaban J connectivity index is 2.98. The number of nitrogens with zero attached hydrogens (tertiary/aromatic N) is 1. The Labute approximate surface area is 94.4 Å². The monoisotopic (exact) mass is 223 g/mol. The van der Waals surface area contributed by atoms with Crippen molar-refractivity contribution in [1.82, 2.24) is 0 Å². The molecule has 2 N–H and O–H groups in total. The van der Waals surface area contributed by atoms with Gasteiger partial charge in [0.1, 0.15) is 6.10 Å². The maximum atomic E-state index is 9.70. The van der Waals surface area contributed by atoms with Crippen molar-refractivity contribution < 1.29 is 10.2 Å². The van der Waals surface area contributed by atoms with Gasteiger partial charge in [0, 0.05) is 5.75 Å². The van der Waals surface area contributed by atoms with Gasteiger partial charge in [0.25, 0.3) is 0 Å². The van der Waals surface area contributed by atoms with Crippen LogP contribution in [0.15, 0.2) is 18.2 Å². The highest BCUT2D eigenvalue weighted by molar-refractivity contribution is 7.80. The molecule has 0 aliphatic carbocycles. The van der Waals surface area contributed by atoms with E-state index in [1.54, 1.807) is 25.1 Å². The van der Waals surface area contributed by atoms with Crippen molar-refractivity contribution in [2.24, 2.45) is 0 Å². The van der Waals surface area contributed by atoms with Gasteiger partial charge in [-0.1, -0.05) is 12.1 Å². The quantitative estimate of drug-likeness (QED) is 0.674. The minimum absolute atomic E-state index is 0.195. The smallest absolute Gasteiger partial charge is 0.106 e. The van der Waals surface area contributed by atoms with Gasteiger partial charge in [-0.2, -0.15) is 17.9 Å². The van der Waals surface area contributed by atoms with Crippen molar-refractivity contribution in [3.63, 3.8) is 0 Å². The predicted molar refractivity (Wildman–Crippen MR) is 60.7 cm³/mol. The summed E-state index contributed by atoms with van der Waals surface area (Å²) in [4.78, 5) is 0. The number of rotatable bonds is 3. The highest BCUT2D eigenvalue weighted by atomic mass is 32.1. The van der Waals surface area contributed by atoms with Crippen molar-refractivity contribution >= 4 is 12.6 Å². The molecule has 3 nitrogen and oxygen atoms in total. The molecule has 0 aliphatic rings. The summed E-state index contributed by atoms with van der Waals surface area (Å²) in [6.07, 6.45) is -1.84. The summed E-state index contributed by atoms with van der Waals surface area (Å²) >= 11 is 3.91. The molecule has 1 rings (SSSR count). The summed E-state index contributed by atoms with van der Waals surface area (Å²) in [6, 6.07) is 7.03. The molecule has 0 saturated heterocycles. The van der Waals surface area contributed by atoms with Crippen molar-refractivity contribution in [2.45, 2.75) is 19.1 Å². The number of aliphatic hydroxyl groups excluding tert-OH is 2. The van der Waals surface area contributed by atoms with Gasteiger partial charge < -0.3 is 10.2 Å². The predicted octanol–water partition coefficient (Wildman–Crippen LogP) is 1.19. The molecule has 0 fully saturated rings. The number of benzene rings is 1. The number of hydrogen-bond acceptors (Lipinski definition) is 4. The lowest BCUT2D eigenvalue weighted by molar-refractivity contribution is 0.0337.